The minimum atomic E-state index is -0.308. The fraction of sp³-hybridized carbons (Fsp3) is 0.917. The van der Waals surface area contributed by atoms with Gasteiger partial charge < -0.3 is 15.7 Å². The zero-order valence-electron chi connectivity index (χ0n) is 9.82. The minimum absolute atomic E-state index is 0.0384. The number of aliphatic hydroxyl groups excluding tert-OH is 1. The maximum Gasteiger partial charge on any atom is 0.230 e. The number of aliphatic hydroxyl groups is 1. The Morgan fingerprint density at radius 1 is 1.38 bits per heavy atom. The highest BCUT2D eigenvalue weighted by molar-refractivity contribution is 5.84. The fourth-order valence-electron chi connectivity index (χ4n) is 3.15. The molecule has 4 nitrogen and oxygen atoms in total. The second kappa shape index (κ2) is 4.72. The molecule has 1 aliphatic carbocycles. The first-order chi connectivity index (χ1) is 7.73. The van der Waals surface area contributed by atoms with Gasteiger partial charge in [0.2, 0.25) is 5.91 Å². The van der Waals surface area contributed by atoms with Crippen molar-refractivity contribution in [2.24, 2.45) is 11.1 Å². The van der Waals surface area contributed by atoms with E-state index in [0.717, 1.165) is 45.1 Å². The van der Waals surface area contributed by atoms with Gasteiger partial charge in [0.1, 0.15) is 0 Å². The van der Waals surface area contributed by atoms with Gasteiger partial charge in [0, 0.05) is 13.1 Å². The van der Waals surface area contributed by atoms with Crippen molar-refractivity contribution in [2.75, 3.05) is 19.7 Å². The molecule has 1 amide bonds. The third kappa shape index (κ3) is 1.84. The average molecular weight is 226 g/mol. The molecule has 2 aliphatic rings. The summed E-state index contributed by atoms with van der Waals surface area (Å²) in [4.78, 5) is 14.4. The fourth-order valence-corrected chi connectivity index (χ4v) is 3.15. The van der Waals surface area contributed by atoms with Crippen LogP contribution < -0.4 is 5.73 Å². The van der Waals surface area contributed by atoms with Crippen molar-refractivity contribution < 1.29 is 9.90 Å². The van der Waals surface area contributed by atoms with Crippen LogP contribution in [-0.2, 0) is 4.79 Å². The summed E-state index contributed by atoms with van der Waals surface area (Å²) in [5.74, 6) is 0.198. The monoisotopic (exact) mass is 226 g/mol. The molecule has 2 fully saturated rings. The van der Waals surface area contributed by atoms with Gasteiger partial charge in [-0.3, -0.25) is 4.79 Å². The van der Waals surface area contributed by atoms with Crippen molar-refractivity contribution in [3.63, 3.8) is 0 Å². The van der Waals surface area contributed by atoms with E-state index in [-0.39, 0.29) is 24.0 Å². The smallest absolute Gasteiger partial charge is 0.230 e. The number of nitrogens with two attached hydrogens (primary N) is 1. The molecule has 0 aromatic heterocycles. The molecule has 0 spiro atoms. The van der Waals surface area contributed by atoms with E-state index in [1.165, 1.54) is 0 Å². The molecule has 0 aromatic carbocycles. The molecule has 0 unspecified atom stereocenters. The molecule has 16 heavy (non-hydrogen) atoms. The number of amides is 1. The van der Waals surface area contributed by atoms with E-state index in [4.69, 9.17) is 5.73 Å². The zero-order valence-corrected chi connectivity index (χ0v) is 9.82. The maximum absolute atomic E-state index is 12.5. The molecule has 1 aliphatic heterocycles. The highest BCUT2D eigenvalue weighted by Crippen LogP contribution is 2.40. The molecular weight excluding hydrogens is 204 g/mol. The lowest BCUT2D eigenvalue weighted by atomic mass is 9.84. The first kappa shape index (κ1) is 11.9. The van der Waals surface area contributed by atoms with Gasteiger partial charge >= 0.3 is 0 Å². The minimum Gasteiger partial charge on any atom is -0.394 e. The lowest BCUT2D eigenvalue weighted by Gasteiger charge is -2.34. The van der Waals surface area contributed by atoms with Crippen molar-refractivity contribution in [3.05, 3.63) is 0 Å². The number of hydrogen-bond donors (Lipinski definition) is 2. The highest BCUT2D eigenvalue weighted by Gasteiger charge is 2.44. The van der Waals surface area contributed by atoms with Gasteiger partial charge in [0.25, 0.3) is 0 Å². The number of nitrogens with zero attached hydrogens (tertiary/aromatic N) is 1. The van der Waals surface area contributed by atoms with Crippen LogP contribution in [0.5, 0.6) is 0 Å². The summed E-state index contributed by atoms with van der Waals surface area (Å²) in [6, 6.07) is 0.0384. The molecule has 1 saturated heterocycles. The predicted octanol–water partition coefficient (Wildman–Crippen LogP) is 0.489. The van der Waals surface area contributed by atoms with Crippen LogP contribution in [-0.4, -0.2) is 41.7 Å². The van der Waals surface area contributed by atoms with Crippen LogP contribution in [0.2, 0.25) is 0 Å². The third-order valence-electron chi connectivity index (χ3n) is 4.25. The molecule has 1 atom stereocenters. The number of likely N-dealkylation sites (tertiary alicyclic amines) is 1. The van der Waals surface area contributed by atoms with Crippen LogP contribution in [0.15, 0.2) is 0 Å². The van der Waals surface area contributed by atoms with Crippen molar-refractivity contribution in [3.8, 4) is 0 Å². The summed E-state index contributed by atoms with van der Waals surface area (Å²) in [6.45, 7) is 1.35. The second-order valence-electron chi connectivity index (χ2n) is 5.17. The molecule has 1 saturated carbocycles. The standard InChI is InChI=1S/C12H22N2O2/c13-9-12(5-1-2-6-12)11(16)14-7-3-4-10(14)8-15/h10,15H,1-9,13H2/t10-/m0/s1. The molecule has 92 valence electrons. The summed E-state index contributed by atoms with van der Waals surface area (Å²) in [7, 11) is 0. The first-order valence-electron chi connectivity index (χ1n) is 6.35. The Hall–Kier alpha value is -0.610. The van der Waals surface area contributed by atoms with E-state index in [1.807, 2.05) is 4.90 Å². The molecule has 1 heterocycles. The summed E-state index contributed by atoms with van der Waals surface area (Å²) in [5, 5.41) is 9.26. The van der Waals surface area contributed by atoms with Gasteiger partial charge in [-0.2, -0.15) is 0 Å². The highest BCUT2D eigenvalue weighted by atomic mass is 16.3. The van der Waals surface area contributed by atoms with Gasteiger partial charge in [-0.15, -0.1) is 0 Å². The molecule has 3 N–H and O–H groups in total. The number of carbonyl (C=O) groups excluding carboxylic acids is 1. The maximum atomic E-state index is 12.5. The van der Waals surface area contributed by atoms with Gasteiger partial charge in [0.05, 0.1) is 18.1 Å². The van der Waals surface area contributed by atoms with Crippen molar-refractivity contribution in [1.29, 1.82) is 0 Å². The number of rotatable bonds is 3. The van der Waals surface area contributed by atoms with E-state index in [0.29, 0.717) is 6.54 Å². The largest absolute Gasteiger partial charge is 0.394 e. The lowest BCUT2D eigenvalue weighted by Crippen LogP contribution is -2.49. The predicted molar refractivity (Wildman–Crippen MR) is 61.8 cm³/mol. The molecule has 4 heteroatoms. The molecule has 2 rings (SSSR count). The molecule has 0 radical (unpaired) electrons. The topological polar surface area (TPSA) is 66.6 Å². The summed E-state index contributed by atoms with van der Waals surface area (Å²) < 4.78 is 0. The number of hydrogen-bond acceptors (Lipinski definition) is 3. The second-order valence-corrected chi connectivity index (χ2v) is 5.17. The van der Waals surface area contributed by atoms with Crippen LogP contribution in [0.25, 0.3) is 0 Å². The normalized spacial score (nSPS) is 28.6. The molecular formula is C12H22N2O2. The van der Waals surface area contributed by atoms with Crippen LogP contribution >= 0.6 is 0 Å². The Balaban J connectivity index is 2.10. The number of carbonyl (C=O) groups is 1. The summed E-state index contributed by atoms with van der Waals surface area (Å²) in [6.07, 6.45) is 6.02. The van der Waals surface area contributed by atoms with Crippen molar-refractivity contribution >= 4 is 5.91 Å². The van der Waals surface area contributed by atoms with E-state index < -0.39 is 0 Å². The Labute approximate surface area is 96.8 Å². The van der Waals surface area contributed by atoms with Gasteiger partial charge in [0.15, 0.2) is 0 Å². The van der Waals surface area contributed by atoms with Crippen molar-refractivity contribution in [2.45, 2.75) is 44.6 Å². The summed E-state index contributed by atoms with van der Waals surface area (Å²) >= 11 is 0. The first-order valence-corrected chi connectivity index (χ1v) is 6.35. The van der Waals surface area contributed by atoms with E-state index in [2.05, 4.69) is 0 Å². The molecule has 0 bridgehead atoms. The molecule has 0 aromatic rings. The summed E-state index contributed by atoms with van der Waals surface area (Å²) in [5.41, 5.74) is 5.51. The van der Waals surface area contributed by atoms with E-state index in [9.17, 15) is 9.90 Å². The van der Waals surface area contributed by atoms with Crippen LogP contribution in [0.3, 0.4) is 0 Å². The van der Waals surface area contributed by atoms with Gasteiger partial charge in [-0.25, -0.2) is 0 Å². The SMILES string of the molecule is NCC1(C(=O)N2CCC[C@H]2CO)CCCC1. The Morgan fingerprint density at radius 2 is 2.06 bits per heavy atom. The van der Waals surface area contributed by atoms with Crippen LogP contribution in [0, 0.1) is 5.41 Å². The van der Waals surface area contributed by atoms with Crippen LogP contribution in [0.1, 0.15) is 38.5 Å². The van der Waals surface area contributed by atoms with Gasteiger partial charge in [-0.05, 0) is 25.7 Å². The zero-order chi connectivity index (χ0) is 11.6. The van der Waals surface area contributed by atoms with E-state index >= 15 is 0 Å². The third-order valence-corrected chi connectivity index (χ3v) is 4.25. The van der Waals surface area contributed by atoms with Crippen molar-refractivity contribution in [1.82, 2.24) is 4.90 Å². The Kier molecular flexibility index (Phi) is 3.50. The average Bonchev–Trinajstić information content (AvgIpc) is 2.97. The Bertz CT molecular complexity index is 262. The van der Waals surface area contributed by atoms with Gasteiger partial charge in [-0.1, -0.05) is 12.8 Å². The van der Waals surface area contributed by atoms with Crippen LogP contribution in [0.4, 0.5) is 0 Å². The van der Waals surface area contributed by atoms with E-state index in [1.54, 1.807) is 0 Å². The Morgan fingerprint density at radius 3 is 2.62 bits per heavy atom. The quantitative estimate of drug-likeness (QED) is 0.736. The lowest BCUT2D eigenvalue weighted by molar-refractivity contribution is -0.143.